The summed E-state index contributed by atoms with van der Waals surface area (Å²) in [6.07, 6.45) is 3.16. The van der Waals surface area contributed by atoms with E-state index in [-0.39, 0.29) is 34.7 Å². The number of rotatable bonds is 7. The van der Waals surface area contributed by atoms with Gasteiger partial charge in [-0.25, -0.2) is 9.37 Å². The van der Waals surface area contributed by atoms with E-state index < -0.39 is 17.3 Å². The first-order chi connectivity index (χ1) is 18.3. The minimum atomic E-state index is -0.728. The van der Waals surface area contributed by atoms with Crippen LogP contribution in [0.4, 0.5) is 15.9 Å². The van der Waals surface area contributed by atoms with Crippen LogP contribution in [0.1, 0.15) is 28.9 Å². The molecule has 5 rings (SSSR count). The number of hydrogen-bond donors (Lipinski definition) is 2. The van der Waals surface area contributed by atoms with Crippen LogP contribution >= 0.6 is 11.6 Å². The highest BCUT2D eigenvalue weighted by Crippen LogP contribution is 2.31. The molecule has 2 aromatic carbocycles. The predicted octanol–water partition coefficient (Wildman–Crippen LogP) is 5.12. The molecule has 2 aromatic heterocycles. The highest BCUT2D eigenvalue weighted by molar-refractivity contribution is 6.32. The SMILES string of the molecule is Cc1cc(=O)n(-c2ccccc2Cl)nc1C(=O)Nc1ccc(Oc2ccnc(NC(=O)C3CC3)c2)c(F)c1. The molecule has 2 N–H and O–H groups in total. The molecule has 9 nitrogen and oxygen atoms in total. The first-order valence-electron chi connectivity index (χ1n) is 11.7. The van der Waals surface area contributed by atoms with Crippen LogP contribution in [0, 0.1) is 18.7 Å². The topological polar surface area (TPSA) is 115 Å². The number of aromatic nitrogens is 3. The zero-order chi connectivity index (χ0) is 26.8. The van der Waals surface area contributed by atoms with Crippen molar-refractivity contribution in [2.75, 3.05) is 10.6 Å². The zero-order valence-corrected chi connectivity index (χ0v) is 20.8. The van der Waals surface area contributed by atoms with Crippen LogP contribution in [0.3, 0.4) is 0 Å². The predicted molar refractivity (Wildman–Crippen MR) is 140 cm³/mol. The van der Waals surface area contributed by atoms with Crippen molar-refractivity contribution in [2.24, 2.45) is 5.92 Å². The molecule has 0 radical (unpaired) electrons. The molecule has 1 fully saturated rings. The average molecular weight is 534 g/mol. The summed E-state index contributed by atoms with van der Waals surface area (Å²) < 4.78 is 21.5. The summed E-state index contributed by atoms with van der Waals surface area (Å²) in [5.74, 6) is -0.952. The van der Waals surface area contributed by atoms with Gasteiger partial charge in [0, 0.05) is 36.0 Å². The van der Waals surface area contributed by atoms with Crippen LogP contribution in [0.15, 0.2) is 71.7 Å². The van der Waals surface area contributed by atoms with Crippen LogP contribution in [-0.2, 0) is 4.79 Å². The molecule has 0 atom stereocenters. The van der Waals surface area contributed by atoms with E-state index in [1.165, 1.54) is 36.5 Å². The lowest BCUT2D eigenvalue weighted by molar-refractivity contribution is -0.117. The number of ether oxygens (including phenoxy) is 1. The number of aryl methyl sites for hydroxylation is 1. The molecular formula is C27H21ClFN5O4. The van der Waals surface area contributed by atoms with Gasteiger partial charge >= 0.3 is 0 Å². The molecule has 0 bridgehead atoms. The fraction of sp³-hybridized carbons (Fsp3) is 0.148. The van der Waals surface area contributed by atoms with E-state index in [1.807, 2.05) is 0 Å². The van der Waals surface area contributed by atoms with Gasteiger partial charge in [-0.05, 0) is 55.7 Å². The monoisotopic (exact) mass is 533 g/mol. The van der Waals surface area contributed by atoms with E-state index in [0.29, 0.717) is 22.1 Å². The van der Waals surface area contributed by atoms with Crippen LogP contribution in [0.2, 0.25) is 5.02 Å². The maximum Gasteiger partial charge on any atom is 0.276 e. The number of nitrogens with one attached hydrogen (secondary N) is 2. The van der Waals surface area contributed by atoms with E-state index in [1.54, 1.807) is 31.2 Å². The third-order valence-corrected chi connectivity index (χ3v) is 6.09. The molecule has 192 valence electrons. The summed E-state index contributed by atoms with van der Waals surface area (Å²) in [4.78, 5) is 41.5. The first-order valence-corrected chi connectivity index (χ1v) is 12.1. The van der Waals surface area contributed by atoms with Crippen LogP contribution in [0.5, 0.6) is 11.5 Å². The van der Waals surface area contributed by atoms with Gasteiger partial charge in [-0.3, -0.25) is 14.4 Å². The minimum Gasteiger partial charge on any atom is -0.454 e. The van der Waals surface area contributed by atoms with Gasteiger partial charge in [0.15, 0.2) is 17.3 Å². The molecule has 0 aliphatic heterocycles. The quantitative estimate of drug-likeness (QED) is 0.340. The number of anilines is 2. The lowest BCUT2D eigenvalue weighted by Gasteiger charge is -2.12. The van der Waals surface area contributed by atoms with E-state index >= 15 is 0 Å². The number of para-hydroxylation sites is 1. The van der Waals surface area contributed by atoms with Crippen molar-refractivity contribution >= 4 is 34.9 Å². The fourth-order valence-corrected chi connectivity index (χ4v) is 3.87. The number of nitrogens with zero attached hydrogens (tertiary/aromatic N) is 3. The third-order valence-electron chi connectivity index (χ3n) is 5.77. The van der Waals surface area contributed by atoms with Crippen molar-refractivity contribution in [2.45, 2.75) is 19.8 Å². The minimum absolute atomic E-state index is 0.0140. The fourth-order valence-electron chi connectivity index (χ4n) is 3.66. The molecule has 0 saturated heterocycles. The first kappa shape index (κ1) is 25.1. The van der Waals surface area contributed by atoms with Crippen molar-refractivity contribution in [3.63, 3.8) is 0 Å². The number of benzene rings is 2. The Bertz CT molecular complexity index is 1620. The second-order valence-electron chi connectivity index (χ2n) is 8.72. The Morgan fingerprint density at radius 1 is 1.08 bits per heavy atom. The van der Waals surface area contributed by atoms with Gasteiger partial charge < -0.3 is 15.4 Å². The molecule has 2 amide bonds. The summed E-state index contributed by atoms with van der Waals surface area (Å²) in [6.45, 7) is 1.58. The molecule has 4 aromatic rings. The largest absolute Gasteiger partial charge is 0.454 e. The van der Waals surface area contributed by atoms with Gasteiger partial charge in [0.05, 0.1) is 10.7 Å². The molecule has 1 aliphatic rings. The Morgan fingerprint density at radius 3 is 2.61 bits per heavy atom. The smallest absolute Gasteiger partial charge is 0.276 e. The molecule has 11 heteroatoms. The van der Waals surface area contributed by atoms with Crippen molar-refractivity contribution in [1.29, 1.82) is 0 Å². The van der Waals surface area contributed by atoms with E-state index in [9.17, 15) is 18.8 Å². The molecule has 2 heterocycles. The van der Waals surface area contributed by atoms with Crippen molar-refractivity contribution in [3.05, 3.63) is 99.3 Å². The summed E-state index contributed by atoms with van der Waals surface area (Å²) in [6, 6.07) is 14.8. The van der Waals surface area contributed by atoms with Crippen molar-refractivity contribution in [1.82, 2.24) is 14.8 Å². The summed E-state index contributed by atoms with van der Waals surface area (Å²) >= 11 is 6.19. The van der Waals surface area contributed by atoms with E-state index in [2.05, 4.69) is 20.7 Å². The lowest BCUT2D eigenvalue weighted by Crippen LogP contribution is -2.26. The van der Waals surface area contributed by atoms with Gasteiger partial charge in [-0.15, -0.1) is 0 Å². The van der Waals surface area contributed by atoms with E-state index in [4.69, 9.17) is 16.3 Å². The maximum absolute atomic E-state index is 14.8. The number of pyridine rings is 1. The van der Waals surface area contributed by atoms with Crippen LogP contribution < -0.4 is 20.9 Å². The number of carbonyl (C=O) groups is 2. The van der Waals surface area contributed by atoms with Gasteiger partial charge in [-0.2, -0.15) is 9.78 Å². The Hall–Kier alpha value is -4.57. The van der Waals surface area contributed by atoms with Crippen LogP contribution in [0.25, 0.3) is 5.69 Å². The normalized spacial score (nSPS) is 12.6. The average Bonchev–Trinajstić information content (AvgIpc) is 3.72. The standard InChI is InChI=1S/C27H21ClFN5O4/c1-15-12-24(35)34(21-5-3-2-4-19(21)28)33-25(15)27(37)31-17-8-9-22(20(29)13-17)38-18-10-11-30-23(14-18)32-26(36)16-6-7-16/h2-5,8-14,16H,6-7H2,1H3,(H,31,37)(H,30,32,36). The summed E-state index contributed by atoms with van der Waals surface area (Å²) in [7, 11) is 0. The van der Waals surface area contributed by atoms with Crippen LogP contribution in [-0.4, -0.2) is 26.6 Å². The van der Waals surface area contributed by atoms with Gasteiger partial charge in [-0.1, -0.05) is 23.7 Å². The molecule has 0 unspecified atom stereocenters. The summed E-state index contributed by atoms with van der Waals surface area (Å²) in [5, 5.41) is 9.78. The van der Waals surface area contributed by atoms with Gasteiger partial charge in [0.2, 0.25) is 5.91 Å². The third kappa shape index (κ3) is 5.55. The number of carbonyl (C=O) groups excluding carboxylic acids is 2. The Morgan fingerprint density at radius 2 is 1.87 bits per heavy atom. The molecule has 1 aliphatic carbocycles. The van der Waals surface area contributed by atoms with Crippen molar-refractivity contribution < 1.29 is 18.7 Å². The van der Waals surface area contributed by atoms with E-state index in [0.717, 1.165) is 23.6 Å². The molecular weight excluding hydrogens is 513 g/mol. The highest BCUT2D eigenvalue weighted by Gasteiger charge is 2.29. The second kappa shape index (κ2) is 10.4. The van der Waals surface area contributed by atoms with Gasteiger partial charge in [0.25, 0.3) is 11.5 Å². The van der Waals surface area contributed by atoms with Crippen molar-refractivity contribution in [3.8, 4) is 17.2 Å². The number of hydrogen-bond acceptors (Lipinski definition) is 6. The Kier molecular flexibility index (Phi) is 6.89. The number of halogens is 2. The highest BCUT2D eigenvalue weighted by atomic mass is 35.5. The second-order valence-corrected chi connectivity index (χ2v) is 9.13. The lowest BCUT2D eigenvalue weighted by atomic mass is 10.2. The molecule has 1 saturated carbocycles. The zero-order valence-electron chi connectivity index (χ0n) is 20.1. The maximum atomic E-state index is 14.8. The van der Waals surface area contributed by atoms with Gasteiger partial charge in [0.1, 0.15) is 11.6 Å². The Balaban J connectivity index is 1.32. The number of amides is 2. The summed E-state index contributed by atoms with van der Waals surface area (Å²) in [5.41, 5.74) is 0.350. The molecule has 38 heavy (non-hydrogen) atoms. The Labute approximate surface area is 221 Å². The molecule has 0 spiro atoms.